The summed E-state index contributed by atoms with van der Waals surface area (Å²) >= 11 is 16.4. The van der Waals surface area contributed by atoms with E-state index >= 15 is 0 Å². The van der Waals surface area contributed by atoms with Crippen molar-refractivity contribution in [1.82, 2.24) is 9.78 Å². The number of azo groups is 1. The predicted octanol–water partition coefficient (Wildman–Crippen LogP) is 7.57. The van der Waals surface area contributed by atoms with Gasteiger partial charge in [-0.05, 0) is 136 Å². The number of aliphatic imine (C=N–C) groups is 1. The van der Waals surface area contributed by atoms with Crippen molar-refractivity contribution in [3.05, 3.63) is 138 Å². The van der Waals surface area contributed by atoms with Gasteiger partial charge >= 0.3 is 87.1 Å². The van der Waals surface area contributed by atoms with Crippen LogP contribution in [0, 0.1) is 52.4 Å². The van der Waals surface area contributed by atoms with Crippen LogP contribution in [0.3, 0.4) is 0 Å². The second kappa shape index (κ2) is 45.5. The number of nitrogen functional groups attached to an aromatic ring is 2. The second-order valence-corrected chi connectivity index (χ2v) is 22.4. The van der Waals surface area contributed by atoms with E-state index in [2.05, 4.69) is 117 Å². The first-order valence-corrected chi connectivity index (χ1v) is 28.7. The van der Waals surface area contributed by atoms with Gasteiger partial charge in [0, 0.05) is 81.0 Å². The summed E-state index contributed by atoms with van der Waals surface area (Å²) in [5.74, 6) is 1.15. The maximum Gasteiger partial charge on any atom is 1.00 e. The van der Waals surface area contributed by atoms with Gasteiger partial charge in [-0.3, -0.25) is 4.99 Å². The summed E-state index contributed by atoms with van der Waals surface area (Å²) in [5, 5.41) is 49.8. The summed E-state index contributed by atoms with van der Waals surface area (Å²) in [5.41, 5.74) is 15.6. The Hall–Kier alpha value is -2.86. The molecule has 0 spiro atoms. The second-order valence-electron chi connectivity index (χ2n) is 18.2. The topological polar surface area (TPSA) is 298 Å². The summed E-state index contributed by atoms with van der Waals surface area (Å²) in [4.78, 5) is 24.3. The number of nitrogens with zero attached hydrogens (tertiary/aromatic N) is 9. The van der Waals surface area contributed by atoms with Gasteiger partial charge in [0.1, 0.15) is 17.5 Å². The van der Waals surface area contributed by atoms with E-state index in [1.807, 2.05) is 110 Å². The molecule has 81 heavy (non-hydrogen) atoms. The smallest absolute Gasteiger partial charge is 0.870 e. The molecular weight excluding hydrogens is 1400 g/mol. The van der Waals surface area contributed by atoms with Gasteiger partial charge < -0.3 is 41.1 Å². The Morgan fingerprint density at radius 3 is 1.57 bits per heavy atom. The molecule has 3 aliphatic heterocycles. The Balaban J connectivity index is 0. The fourth-order valence-corrected chi connectivity index (χ4v) is 8.22. The van der Waals surface area contributed by atoms with Crippen molar-refractivity contribution in [2.75, 3.05) is 56.4 Å². The number of alkyl halides is 1. The molecule has 422 valence electrons. The third kappa shape index (κ3) is 33.4. The van der Waals surface area contributed by atoms with Crippen LogP contribution in [-0.2, 0) is 30.3 Å². The van der Waals surface area contributed by atoms with Crippen molar-refractivity contribution < 1.29 is 115 Å². The molecule has 4 heterocycles. The first-order valence-electron chi connectivity index (χ1n) is 24.4. The van der Waals surface area contributed by atoms with Crippen molar-refractivity contribution in [3.8, 4) is 23.9 Å². The van der Waals surface area contributed by atoms with Gasteiger partial charge in [-0.2, -0.15) is 40.3 Å². The molecule has 3 fully saturated rings. The van der Waals surface area contributed by atoms with Crippen molar-refractivity contribution in [3.63, 3.8) is 0 Å². The monoisotopic (exact) mass is 1460 g/mol. The van der Waals surface area contributed by atoms with Crippen molar-refractivity contribution >= 4 is 114 Å². The van der Waals surface area contributed by atoms with Gasteiger partial charge in [-0.15, -0.1) is 5.60 Å². The normalized spacial score (nSPS) is 14.7. The molecule has 5 N–H and O–H groups in total. The maximum absolute atomic E-state index is 10.1. The third-order valence-electron chi connectivity index (χ3n) is 11.2. The van der Waals surface area contributed by atoms with Crippen molar-refractivity contribution in [2.24, 2.45) is 27.1 Å². The molecule has 0 saturated carbocycles. The van der Waals surface area contributed by atoms with Gasteiger partial charge in [-0.1, -0.05) is 124 Å². The molecule has 0 bridgehead atoms. The zero-order chi connectivity index (χ0) is 57.9. The van der Waals surface area contributed by atoms with E-state index in [1.54, 1.807) is 25.5 Å². The quantitative estimate of drug-likeness (QED) is 0.0379. The van der Waals surface area contributed by atoms with E-state index < -0.39 is 11.1 Å². The molecule has 0 amide bonds. The molecule has 8 rings (SSSR count). The van der Waals surface area contributed by atoms with Crippen LogP contribution in [0.4, 0.5) is 22.9 Å². The standard InChI is InChI=1S/C15H15BrN4O.C14H16BrN3O.C14H15BrN2O.C6H6BrN.C4H9O.C2H2BrN.CO2.K.Na.H2O/c1-18-15-13(17)14(10-6-8-21-9-7-10)19-20(15)12-4-2-11(16)3-5-12;1-14(10-16,11-6-8-19-9-7-11)18-17-13-4-2-12(15)3-5-13;15-13-3-1-11(2-4-13)10-17-14(9-16)12-5-7-18-8-6-12;7-5-1-3-6(8)4-2-5;1-4(2,3)5;3-1-2-4;2-1-3;;;/h2-5,10H,6-9,17H2;2-5,11H,6-9H2,1H3;1-4,12H,5-8,10H2;1-4H,8H2;1-3H3;1H2;;;;1H2/q;;;;-1;;;2*+1;/p-1. The number of carbonyl (C=O) groups excluding carboxylic acids is 2. The van der Waals surface area contributed by atoms with Crippen LogP contribution in [0.1, 0.15) is 83.4 Å². The van der Waals surface area contributed by atoms with Gasteiger partial charge in [0.15, 0.2) is 5.54 Å². The number of halogens is 5. The van der Waals surface area contributed by atoms with E-state index in [0.29, 0.717) is 42.3 Å². The number of aromatic nitrogens is 2. The number of hydrogen-bond acceptors (Lipinski definition) is 16. The molecule has 25 heteroatoms. The predicted molar refractivity (Wildman–Crippen MR) is 320 cm³/mol. The minimum Gasteiger partial charge on any atom is -0.870 e. The van der Waals surface area contributed by atoms with Crippen LogP contribution in [-0.4, -0.2) is 83.2 Å². The van der Waals surface area contributed by atoms with E-state index in [0.717, 1.165) is 111 Å². The maximum atomic E-state index is 10.1. The minimum atomic E-state index is -0.767. The fourth-order valence-electron chi connectivity index (χ4n) is 7.16. The number of nitriles is 3. The van der Waals surface area contributed by atoms with E-state index in [4.69, 9.17) is 47.1 Å². The number of benzene rings is 4. The summed E-state index contributed by atoms with van der Waals surface area (Å²) in [6.07, 6.45) is 5.60. The Morgan fingerprint density at radius 1 is 0.753 bits per heavy atom. The average molecular weight is 1460 g/mol. The first-order chi connectivity index (χ1) is 37.2. The van der Waals surface area contributed by atoms with Gasteiger partial charge in [-0.25, -0.2) is 0 Å². The van der Waals surface area contributed by atoms with E-state index in [9.17, 15) is 15.6 Å². The van der Waals surface area contributed by atoms with Gasteiger partial charge in [0.2, 0.25) is 0 Å². The number of ether oxygens (including phenoxy) is 3. The molecule has 3 saturated heterocycles. The molecule has 0 aliphatic carbocycles. The van der Waals surface area contributed by atoms with Crippen LogP contribution in [0.25, 0.3) is 10.5 Å². The van der Waals surface area contributed by atoms with Crippen LogP contribution < -0.4 is 97.5 Å². The zero-order valence-corrected chi connectivity index (χ0v) is 59.4. The fraction of sp³-hybridized carbons (Fsp3) is 0.411. The Kier molecular flexibility index (Phi) is 45.0. The minimum absolute atomic E-state index is 0. The van der Waals surface area contributed by atoms with Crippen LogP contribution in [0.2, 0.25) is 0 Å². The molecule has 1 atom stereocenters. The molecule has 1 unspecified atom stereocenters. The summed E-state index contributed by atoms with van der Waals surface area (Å²) in [6.45, 7) is 19.1. The van der Waals surface area contributed by atoms with Crippen LogP contribution in [0.15, 0.2) is 130 Å². The molecule has 5 aromatic rings. The summed E-state index contributed by atoms with van der Waals surface area (Å²) < 4.78 is 21.8. The molecular formula is C56H64Br5KN11NaO7. The molecule has 0 radical (unpaired) electrons. The largest absolute Gasteiger partial charge is 1.00 e. The van der Waals surface area contributed by atoms with Crippen molar-refractivity contribution in [2.45, 2.75) is 89.8 Å². The molecule has 1 aromatic heterocycles. The Bertz CT molecular complexity index is 2790. The number of rotatable bonds is 8. The zero-order valence-electron chi connectivity index (χ0n) is 46.3. The van der Waals surface area contributed by atoms with E-state index in [1.165, 1.54) is 0 Å². The van der Waals surface area contributed by atoms with Crippen LogP contribution >= 0.6 is 79.6 Å². The number of hydrogen-bond donors (Lipinski definition) is 2. The average Bonchev–Trinajstić information content (AvgIpc) is 3.79. The third-order valence-corrected chi connectivity index (χ3v) is 13.5. The summed E-state index contributed by atoms with van der Waals surface area (Å²) in [7, 11) is 0. The molecule has 4 aromatic carbocycles. The van der Waals surface area contributed by atoms with Crippen LogP contribution in [0.5, 0.6) is 0 Å². The summed E-state index contributed by atoms with van der Waals surface area (Å²) in [6, 6.07) is 37.2. The van der Waals surface area contributed by atoms with Crippen molar-refractivity contribution in [1.29, 1.82) is 15.8 Å². The van der Waals surface area contributed by atoms with E-state index in [-0.39, 0.29) is 110 Å². The Labute approximate surface area is 582 Å². The Morgan fingerprint density at radius 2 is 1.16 bits per heavy atom. The van der Waals surface area contributed by atoms with Gasteiger partial charge in [0.25, 0.3) is 5.82 Å². The SMILES string of the molecule is CC(C#N)(N=Nc1ccc(Br)cc1)C1CCOCC1.CC(C)(C)[O-].N#CC(=NCc1ccc(Br)cc1)C1CCOCC1.N#CCBr.Nc1ccc(Br)cc1.O=C=O.[C-]#[N+]c1c(N)c(C2CCOCC2)nn1-c1ccc(Br)cc1.[K+].[Na+].[OH-]. The molecule has 18 nitrogen and oxygen atoms in total. The van der Waals surface area contributed by atoms with Gasteiger partial charge in [0.05, 0.1) is 41.1 Å². The number of nitrogens with two attached hydrogens (primary N) is 2. The number of anilines is 2. The first kappa shape index (κ1) is 80.2. The molecule has 3 aliphatic rings.